The summed E-state index contributed by atoms with van der Waals surface area (Å²) in [5, 5.41) is 1.55. The molecule has 6 heteroatoms. The summed E-state index contributed by atoms with van der Waals surface area (Å²) in [6.45, 7) is 5.03. The Hall–Kier alpha value is -1.50. The maximum Gasteiger partial charge on any atom is 0.243 e. The first-order valence-electron chi connectivity index (χ1n) is 7.72. The van der Waals surface area contributed by atoms with Crippen LogP contribution in [0.2, 0.25) is 0 Å². The van der Waals surface area contributed by atoms with Crippen LogP contribution in [0.1, 0.15) is 20.3 Å². The van der Waals surface area contributed by atoms with E-state index in [9.17, 15) is 8.42 Å². The Morgan fingerprint density at radius 1 is 1.30 bits per heavy atom. The van der Waals surface area contributed by atoms with Gasteiger partial charge in [-0.25, -0.2) is 8.42 Å². The molecule has 0 aliphatic carbocycles. The highest BCUT2D eigenvalue weighted by Crippen LogP contribution is 2.35. The molecule has 0 radical (unpaired) electrons. The van der Waals surface area contributed by atoms with E-state index in [1.54, 1.807) is 42.0 Å². The van der Waals surface area contributed by atoms with Gasteiger partial charge < -0.3 is 4.74 Å². The summed E-state index contributed by atoms with van der Waals surface area (Å²) in [5.41, 5.74) is -0.216. The summed E-state index contributed by atoms with van der Waals surface area (Å²) in [4.78, 5) is 4.42. The third-order valence-corrected chi connectivity index (χ3v) is 6.54. The van der Waals surface area contributed by atoms with E-state index in [1.165, 1.54) is 0 Å². The zero-order valence-corrected chi connectivity index (χ0v) is 14.5. The predicted molar refractivity (Wildman–Crippen MR) is 89.7 cm³/mol. The van der Waals surface area contributed by atoms with Crippen molar-refractivity contribution in [1.82, 2.24) is 9.29 Å². The molecule has 1 unspecified atom stereocenters. The van der Waals surface area contributed by atoms with Crippen LogP contribution >= 0.6 is 0 Å². The van der Waals surface area contributed by atoms with Crippen LogP contribution in [0.5, 0.6) is 0 Å². The van der Waals surface area contributed by atoms with Crippen molar-refractivity contribution in [2.45, 2.75) is 31.3 Å². The fraction of sp³-hybridized carbons (Fsp3) is 0.471. The molecule has 5 nitrogen and oxygen atoms in total. The monoisotopic (exact) mass is 334 g/mol. The van der Waals surface area contributed by atoms with Gasteiger partial charge in [0.15, 0.2) is 0 Å². The van der Waals surface area contributed by atoms with Gasteiger partial charge in [-0.15, -0.1) is 0 Å². The number of sulfonamides is 1. The normalized spacial score (nSPS) is 22.3. The van der Waals surface area contributed by atoms with Gasteiger partial charge in [0, 0.05) is 48.8 Å². The Labute approximate surface area is 137 Å². The number of ether oxygens (including phenoxy) is 1. The molecule has 1 atom stereocenters. The van der Waals surface area contributed by atoms with Crippen LogP contribution in [0.4, 0.5) is 0 Å². The van der Waals surface area contributed by atoms with Crippen molar-refractivity contribution < 1.29 is 13.2 Å². The first-order valence-corrected chi connectivity index (χ1v) is 9.16. The Morgan fingerprint density at radius 3 is 2.78 bits per heavy atom. The smallest absolute Gasteiger partial charge is 0.243 e. The average Bonchev–Trinajstić information content (AvgIpc) is 2.53. The lowest BCUT2D eigenvalue weighted by Crippen LogP contribution is -2.51. The molecule has 1 aliphatic heterocycles. The van der Waals surface area contributed by atoms with Gasteiger partial charge in [-0.05, 0) is 18.6 Å². The van der Waals surface area contributed by atoms with Gasteiger partial charge in [-0.1, -0.05) is 26.0 Å². The molecule has 0 N–H and O–H groups in total. The molecular formula is C17H22N2O3S. The summed E-state index contributed by atoms with van der Waals surface area (Å²) in [5.74, 6) is 0. The van der Waals surface area contributed by atoms with Gasteiger partial charge in [0.1, 0.15) is 0 Å². The minimum absolute atomic E-state index is 0.0747. The number of nitrogens with zero attached hydrogens (tertiary/aromatic N) is 2. The summed E-state index contributed by atoms with van der Waals surface area (Å²) in [6.07, 6.45) is 4.10. The van der Waals surface area contributed by atoms with E-state index < -0.39 is 10.0 Å². The topological polar surface area (TPSA) is 59.5 Å². The second kappa shape index (κ2) is 5.85. The molecule has 2 heterocycles. The third-order valence-electron chi connectivity index (χ3n) is 4.64. The molecule has 2 aromatic rings. The quantitative estimate of drug-likeness (QED) is 0.866. The third kappa shape index (κ3) is 2.86. The van der Waals surface area contributed by atoms with Gasteiger partial charge in [-0.3, -0.25) is 4.98 Å². The first-order chi connectivity index (χ1) is 10.9. The average molecular weight is 334 g/mol. The van der Waals surface area contributed by atoms with Crippen LogP contribution in [-0.4, -0.2) is 44.0 Å². The van der Waals surface area contributed by atoms with Crippen molar-refractivity contribution in [2.24, 2.45) is 5.41 Å². The van der Waals surface area contributed by atoms with Crippen molar-refractivity contribution in [2.75, 3.05) is 20.2 Å². The summed E-state index contributed by atoms with van der Waals surface area (Å²) in [6, 6.07) is 7.08. The van der Waals surface area contributed by atoms with E-state index >= 15 is 0 Å². The minimum Gasteiger partial charge on any atom is -0.381 e. The van der Waals surface area contributed by atoms with Crippen LogP contribution in [-0.2, 0) is 14.8 Å². The molecule has 1 aliphatic rings. The van der Waals surface area contributed by atoms with E-state index in [0.717, 1.165) is 5.39 Å². The lowest BCUT2D eigenvalue weighted by molar-refractivity contribution is -0.0326. The number of hydrogen-bond donors (Lipinski definition) is 0. The maximum absolute atomic E-state index is 13.1. The van der Waals surface area contributed by atoms with Gasteiger partial charge in [0.2, 0.25) is 10.0 Å². The van der Waals surface area contributed by atoms with Crippen molar-refractivity contribution in [1.29, 1.82) is 0 Å². The molecule has 0 amide bonds. The van der Waals surface area contributed by atoms with Crippen LogP contribution in [0.15, 0.2) is 41.6 Å². The second-order valence-electron chi connectivity index (χ2n) is 6.69. The summed E-state index contributed by atoms with van der Waals surface area (Å²) < 4.78 is 33.4. The van der Waals surface area contributed by atoms with Crippen molar-refractivity contribution in [3.63, 3.8) is 0 Å². The Bertz CT molecular complexity index is 812. The number of aromatic nitrogens is 1. The highest BCUT2D eigenvalue weighted by atomic mass is 32.2. The molecule has 23 heavy (non-hydrogen) atoms. The minimum atomic E-state index is -3.54. The van der Waals surface area contributed by atoms with Crippen molar-refractivity contribution in [3.8, 4) is 0 Å². The predicted octanol–water partition coefficient (Wildman–Crippen LogP) is 2.67. The second-order valence-corrected chi connectivity index (χ2v) is 8.60. The Kier molecular flexibility index (Phi) is 4.16. The number of pyridine rings is 1. The number of rotatable bonds is 3. The van der Waals surface area contributed by atoms with Crippen LogP contribution in [0.25, 0.3) is 10.8 Å². The largest absolute Gasteiger partial charge is 0.381 e. The van der Waals surface area contributed by atoms with Gasteiger partial charge in [0.25, 0.3) is 0 Å². The zero-order valence-electron chi connectivity index (χ0n) is 13.7. The van der Waals surface area contributed by atoms with Crippen molar-refractivity contribution in [3.05, 3.63) is 36.7 Å². The van der Waals surface area contributed by atoms with Gasteiger partial charge in [-0.2, -0.15) is 4.31 Å². The highest BCUT2D eigenvalue weighted by molar-refractivity contribution is 7.89. The molecule has 0 saturated carbocycles. The van der Waals surface area contributed by atoms with E-state index in [1.807, 2.05) is 6.07 Å². The first kappa shape index (κ1) is 16.4. The summed E-state index contributed by atoms with van der Waals surface area (Å²) >= 11 is 0. The molecule has 0 bridgehead atoms. The molecule has 1 aromatic heterocycles. The Balaban J connectivity index is 2.02. The van der Waals surface area contributed by atoms with Gasteiger partial charge >= 0.3 is 0 Å². The zero-order chi connectivity index (χ0) is 16.7. The van der Waals surface area contributed by atoms with Crippen LogP contribution in [0, 0.1) is 5.41 Å². The van der Waals surface area contributed by atoms with E-state index in [0.29, 0.717) is 29.8 Å². The molecule has 1 fully saturated rings. The lowest BCUT2D eigenvalue weighted by Gasteiger charge is -2.42. The SMILES string of the molecule is COC1CCN(S(=O)(=O)c2cccc3cnccc23)CC1(C)C. The number of hydrogen-bond acceptors (Lipinski definition) is 4. The standard InChI is InChI=1S/C17H22N2O3S/c1-17(2)12-19(10-8-16(17)22-3)23(20,21)15-6-4-5-13-11-18-9-7-14(13)15/h4-7,9,11,16H,8,10,12H2,1-3H3. The lowest BCUT2D eigenvalue weighted by atomic mass is 9.82. The van der Waals surface area contributed by atoms with Crippen LogP contribution in [0.3, 0.4) is 0 Å². The van der Waals surface area contributed by atoms with Gasteiger partial charge in [0.05, 0.1) is 11.0 Å². The maximum atomic E-state index is 13.1. The molecule has 3 rings (SSSR count). The number of methoxy groups -OCH3 is 1. The fourth-order valence-electron chi connectivity index (χ4n) is 3.39. The molecular weight excluding hydrogens is 312 g/mol. The molecule has 1 saturated heterocycles. The molecule has 1 aromatic carbocycles. The summed E-state index contributed by atoms with van der Waals surface area (Å²) in [7, 11) is -1.85. The number of piperidine rings is 1. The number of fused-ring (bicyclic) bond motifs is 1. The van der Waals surface area contributed by atoms with E-state index in [4.69, 9.17) is 4.74 Å². The number of benzene rings is 1. The molecule has 124 valence electrons. The van der Waals surface area contributed by atoms with E-state index in [2.05, 4.69) is 18.8 Å². The van der Waals surface area contributed by atoms with E-state index in [-0.39, 0.29) is 11.5 Å². The fourth-order valence-corrected chi connectivity index (χ4v) is 5.23. The molecule has 0 spiro atoms. The Morgan fingerprint density at radius 2 is 2.09 bits per heavy atom. The van der Waals surface area contributed by atoms with Crippen LogP contribution < -0.4 is 0 Å². The van der Waals surface area contributed by atoms with Crippen molar-refractivity contribution >= 4 is 20.8 Å². The highest BCUT2D eigenvalue weighted by Gasteiger charge is 2.41.